The minimum Gasteiger partial charge on any atom is -0.380 e. The zero-order valence-electron chi connectivity index (χ0n) is 10.3. The third kappa shape index (κ3) is 6.07. The van der Waals surface area contributed by atoms with Gasteiger partial charge in [0, 0.05) is 6.42 Å². The Labute approximate surface area is 101 Å². The van der Waals surface area contributed by atoms with Gasteiger partial charge in [0.05, 0.1) is 19.6 Å². The maximum Gasteiger partial charge on any atom is 0.359 e. The summed E-state index contributed by atoms with van der Waals surface area (Å²) in [5.74, 6) is -2.30. The standard InChI is InChI=1S/C10H19O6P/c1-4-15-17(14,16-5-2)10(13)7-9(12)6-8(3)11/h10,13H,4-7H2,1-3H3/t10-/m0/s1. The van der Waals surface area contributed by atoms with Crippen LogP contribution in [-0.4, -0.2) is 35.7 Å². The molecule has 0 aromatic heterocycles. The highest BCUT2D eigenvalue weighted by Gasteiger charge is 2.35. The summed E-state index contributed by atoms with van der Waals surface area (Å²) in [7, 11) is -3.68. The van der Waals surface area contributed by atoms with E-state index in [1.54, 1.807) is 13.8 Å². The van der Waals surface area contributed by atoms with Crippen molar-refractivity contribution in [1.82, 2.24) is 0 Å². The predicted molar refractivity (Wildman–Crippen MR) is 61.8 cm³/mol. The Hall–Kier alpha value is -0.550. The van der Waals surface area contributed by atoms with Gasteiger partial charge in [-0.3, -0.25) is 14.2 Å². The minimum atomic E-state index is -3.68. The molecule has 0 aliphatic heterocycles. The number of carbonyl (C=O) groups is 2. The molecule has 0 aliphatic rings. The Morgan fingerprint density at radius 1 is 1.24 bits per heavy atom. The van der Waals surface area contributed by atoms with Crippen LogP contribution in [0.3, 0.4) is 0 Å². The molecule has 1 atom stereocenters. The van der Waals surface area contributed by atoms with Crippen LogP contribution in [0, 0.1) is 0 Å². The maximum atomic E-state index is 12.0. The van der Waals surface area contributed by atoms with E-state index in [2.05, 4.69) is 0 Å². The molecule has 0 saturated heterocycles. The van der Waals surface area contributed by atoms with Gasteiger partial charge in [-0.15, -0.1) is 0 Å². The molecule has 0 fully saturated rings. The zero-order chi connectivity index (χ0) is 13.5. The van der Waals surface area contributed by atoms with E-state index >= 15 is 0 Å². The van der Waals surface area contributed by atoms with Crippen LogP contribution < -0.4 is 0 Å². The van der Waals surface area contributed by atoms with Crippen LogP contribution in [0.1, 0.15) is 33.6 Å². The summed E-state index contributed by atoms with van der Waals surface area (Å²) < 4.78 is 21.8. The Morgan fingerprint density at radius 2 is 1.71 bits per heavy atom. The molecule has 0 aromatic carbocycles. The number of hydrogen-bond acceptors (Lipinski definition) is 6. The van der Waals surface area contributed by atoms with Crippen molar-refractivity contribution in [2.45, 2.75) is 39.5 Å². The van der Waals surface area contributed by atoms with E-state index in [-0.39, 0.29) is 25.4 Å². The quantitative estimate of drug-likeness (QED) is 0.502. The normalized spacial score (nSPS) is 13.4. The molecule has 0 aliphatic carbocycles. The van der Waals surface area contributed by atoms with Crippen LogP contribution in [0.5, 0.6) is 0 Å². The van der Waals surface area contributed by atoms with Crippen LogP contribution in [0.25, 0.3) is 0 Å². The van der Waals surface area contributed by atoms with Gasteiger partial charge in [0.1, 0.15) is 11.6 Å². The Morgan fingerprint density at radius 3 is 2.06 bits per heavy atom. The first-order chi connectivity index (χ1) is 7.85. The predicted octanol–water partition coefficient (Wildman–Crippen LogP) is 1.51. The van der Waals surface area contributed by atoms with Gasteiger partial charge in [0.2, 0.25) is 0 Å². The Balaban J connectivity index is 4.52. The molecule has 0 aromatic rings. The van der Waals surface area contributed by atoms with Gasteiger partial charge in [0.15, 0.2) is 5.85 Å². The number of rotatable bonds is 9. The summed E-state index contributed by atoms with van der Waals surface area (Å²) in [5, 5.41) is 9.67. The van der Waals surface area contributed by atoms with Crippen molar-refractivity contribution in [3.8, 4) is 0 Å². The Bertz CT molecular complexity index is 304. The third-order valence-corrected chi connectivity index (χ3v) is 3.99. The number of Topliss-reactive ketones (excluding diaryl/α,β-unsaturated/α-hetero) is 2. The average Bonchev–Trinajstić information content (AvgIpc) is 2.16. The van der Waals surface area contributed by atoms with Crippen molar-refractivity contribution in [3.05, 3.63) is 0 Å². The second-order valence-corrected chi connectivity index (χ2v) is 5.67. The molecule has 0 radical (unpaired) electrons. The molecule has 0 heterocycles. The van der Waals surface area contributed by atoms with Gasteiger partial charge in [-0.2, -0.15) is 0 Å². The fraction of sp³-hybridized carbons (Fsp3) is 0.800. The molecule has 7 heteroatoms. The van der Waals surface area contributed by atoms with E-state index < -0.39 is 25.6 Å². The molecule has 0 unspecified atom stereocenters. The highest BCUT2D eigenvalue weighted by atomic mass is 31.2. The first kappa shape index (κ1) is 16.4. The molecule has 0 amide bonds. The van der Waals surface area contributed by atoms with E-state index in [0.717, 1.165) is 0 Å². The minimum absolute atomic E-state index is 0.106. The van der Waals surface area contributed by atoms with E-state index in [9.17, 15) is 19.3 Å². The van der Waals surface area contributed by atoms with Gasteiger partial charge >= 0.3 is 7.60 Å². The van der Waals surface area contributed by atoms with Gasteiger partial charge in [-0.25, -0.2) is 0 Å². The fourth-order valence-corrected chi connectivity index (χ4v) is 2.80. The van der Waals surface area contributed by atoms with E-state index in [1.165, 1.54) is 6.92 Å². The Kier molecular flexibility index (Phi) is 7.46. The van der Waals surface area contributed by atoms with Crippen LogP contribution in [0.4, 0.5) is 0 Å². The largest absolute Gasteiger partial charge is 0.380 e. The van der Waals surface area contributed by atoms with Crippen LogP contribution >= 0.6 is 7.60 Å². The molecular weight excluding hydrogens is 247 g/mol. The number of aliphatic hydroxyl groups is 1. The summed E-state index contributed by atoms with van der Waals surface area (Å²) in [6.07, 6.45) is -0.688. The average molecular weight is 266 g/mol. The third-order valence-electron chi connectivity index (χ3n) is 1.84. The number of carbonyl (C=O) groups excluding carboxylic acids is 2. The van der Waals surface area contributed by atoms with Gasteiger partial charge in [-0.1, -0.05) is 0 Å². The molecule has 1 N–H and O–H groups in total. The number of hydrogen-bond donors (Lipinski definition) is 1. The fourth-order valence-electron chi connectivity index (χ4n) is 1.23. The molecule has 0 spiro atoms. The van der Waals surface area contributed by atoms with Crippen molar-refractivity contribution in [2.75, 3.05) is 13.2 Å². The van der Waals surface area contributed by atoms with Crippen molar-refractivity contribution < 1.29 is 28.3 Å². The molecule has 17 heavy (non-hydrogen) atoms. The second-order valence-electron chi connectivity index (χ2n) is 3.48. The summed E-state index contributed by atoms with van der Waals surface area (Å²) in [6.45, 7) is 4.70. The van der Waals surface area contributed by atoms with Crippen LogP contribution in [-0.2, 0) is 23.2 Å². The lowest BCUT2D eigenvalue weighted by molar-refractivity contribution is -0.126. The van der Waals surface area contributed by atoms with Crippen molar-refractivity contribution in [1.29, 1.82) is 0 Å². The first-order valence-electron chi connectivity index (χ1n) is 5.43. The smallest absolute Gasteiger partial charge is 0.359 e. The molecule has 6 nitrogen and oxygen atoms in total. The van der Waals surface area contributed by atoms with E-state index in [4.69, 9.17) is 9.05 Å². The SMILES string of the molecule is CCOP(=O)(OCC)[C@H](O)CC(=O)CC(C)=O. The summed E-state index contributed by atoms with van der Waals surface area (Å²) in [6, 6.07) is 0. The maximum absolute atomic E-state index is 12.0. The van der Waals surface area contributed by atoms with Crippen molar-refractivity contribution in [3.63, 3.8) is 0 Å². The summed E-state index contributed by atoms with van der Waals surface area (Å²) in [5.41, 5.74) is 0. The monoisotopic (exact) mass is 266 g/mol. The summed E-state index contributed by atoms with van der Waals surface area (Å²) in [4.78, 5) is 22.0. The van der Waals surface area contributed by atoms with Gasteiger partial charge < -0.3 is 14.2 Å². The van der Waals surface area contributed by atoms with E-state index in [0.29, 0.717) is 0 Å². The van der Waals surface area contributed by atoms with E-state index in [1.807, 2.05) is 0 Å². The molecule has 0 bridgehead atoms. The topological polar surface area (TPSA) is 89.9 Å². The zero-order valence-corrected chi connectivity index (χ0v) is 11.2. The van der Waals surface area contributed by atoms with Crippen LogP contribution in [0.15, 0.2) is 0 Å². The number of ketones is 2. The second kappa shape index (κ2) is 7.71. The molecule has 0 saturated carbocycles. The van der Waals surface area contributed by atoms with Gasteiger partial charge in [0.25, 0.3) is 0 Å². The highest BCUT2D eigenvalue weighted by Crippen LogP contribution is 2.53. The molecular formula is C10H19O6P. The highest BCUT2D eigenvalue weighted by molar-refractivity contribution is 7.54. The summed E-state index contributed by atoms with van der Waals surface area (Å²) >= 11 is 0. The molecule has 0 rings (SSSR count). The first-order valence-corrected chi connectivity index (χ1v) is 7.04. The number of aliphatic hydroxyl groups excluding tert-OH is 1. The van der Waals surface area contributed by atoms with Crippen molar-refractivity contribution in [2.24, 2.45) is 0 Å². The van der Waals surface area contributed by atoms with Crippen molar-refractivity contribution >= 4 is 19.2 Å². The van der Waals surface area contributed by atoms with Crippen LogP contribution in [0.2, 0.25) is 0 Å². The molecule has 100 valence electrons. The lowest BCUT2D eigenvalue weighted by atomic mass is 10.2. The lowest BCUT2D eigenvalue weighted by Gasteiger charge is -2.21. The van der Waals surface area contributed by atoms with Gasteiger partial charge in [-0.05, 0) is 20.8 Å². The lowest BCUT2D eigenvalue weighted by Crippen LogP contribution is -2.18.